The van der Waals surface area contributed by atoms with Crippen LogP contribution in [0.3, 0.4) is 0 Å². The van der Waals surface area contributed by atoms with Gasteiger partial charge in [0.2, 0.25) is 0 Å². The number of carboxylic acid groups (broad SMARTS) is 1. The van der Waals surface area contributed by atoms with Crippen LogP contribution in [-0.4, -0.2) is 52.7 Å². The molecule has 1 aromatic carbocycles. The zero-order valence-electron chi connectivity index (χ0n) is 14.0. The smallest absolute Gasteiger partial charge is 0.446 e. The molecule has 10 heteroatoms. The highest BCUT2D eigenvalue weighted by atomic mass is 32.2. The van der Waals surface area contributed by atoms with Crippen LogP contribution in [-0.2, 0) is 4.79 Å². The van der Waals surface area contributed by atoms with Crippen LogP contribution >= 0.6 is 11.8 Å². The summed E-state index contributed by atoms with van der Waals surface area (Å²) in [4.78, 5) is 24.6. The van der Waals surface area contributed by atoms with Crippen LogP contribution in [0.25, 0.3) is 0 Å². The second kappa shape index (κ2) is 8.63. The number of benzene rings is 1. The Hall–Kier alpha value is -1.94. The van der Waals surface area contributed by atoms with E-state index in [-0.39, 0.29) is 41.0 Å². The summed E-state index contributed by atoms with van der Waals surface area (Å²) in [5.74, 6) is -0.903. The topological polar surface area (TPSA) is 81.7 Å². The number of thioether (sulfide) groups is 1. The maximum absolute atomic E-state index is 12.6. The lowest BCUT2D eigenvalue weighted by molar-refractivity contribution is -0.139. The summed E-state index contributed by atoms with van der Waals surface area (Å²) in [5, 5.41) is 14.0. The lowest BCUT2D eigenvalue weighted by atomic mass is 9.85. The number of nitrogens with zero attached hydrogens (tertiary/aromatic N) is 1. The average molecular weight is 391 g/mol. The van der Waals surface area contributed by atoms with Gasteiger partial charge in [0.25, 0.3) is 0 Å². The number of amides is 2. The Bertz CT molecular complexity index is 651. The van der Waals surface area contributed by atoms with E-state index in [1.807, 2.05) is 11.8 Å². The fourth-order valence-electron chi connectivity index (χ4n) is 2.80. The van der Waals surface area contributed by atoms with Crippen molar-refractivity contribution in [1.29, 1.82) is 0 Å². The number of carbonyl (C=O) groups is 2. The van der Waals surface area contributed by atoms with E-state index >= 15 is 0 Å². The third kappa shape index (κ3) is 6.10. The average Bonchev–Trinajstić information content (AvgIpc) is 2.49. The SMILES string of the molecule is CCN(CC(=O)O)C1CC(NC(=O)Nc2ccccc2SC(F)(F)F)C1. The third-order valence-electron chi connectivity index (χ3n) is 4.07. The van der Waals surface area contributed by atoms with Gasteiger partial charge < -0.3 is 15.7 Å². The molecule has 3 N–H and O–H groups in total. The van der Waals surface area contributed by atoms with Crippen molar-refractivity contribution in [1.82, 2.24) is 10.2 Å². The zero-order valence-corrected chi connectivity index (χ0v) is 14.9. The summed E-state index contributed by atoms with van der Waals surface area (Å²) >= 11 is -0.284. The van der Waals surface area contributed by atoms with Crippen molar-refractivity contribution < 1.29 is 27.9 Å². The number of hydrogen-bond donors (Lipinski definition) is 3. The molecule has 0 aromatic heterocycles. The molecule has 0 radical (unpaired) electrons. The van der Waals surface area contributed by atoms with Crippen LogP contribution < -0.4 is 10.6 Å². The van der Waals surface area contributed by atoms with Gasteiger partial charge >= 0.3 is 17.5 Å². The Labute approximate surface area is 153 Å². The summed E-state index contributed by atoms with van der Waals surface area (Å²) in [6.45, 7) is 2.41. The van der Waals surface area contributed by atoms with Crippen molar-refractivity contribution in [3.05, 3.63) is 24.3 Å². The minimum atomic E-state index is -4.44. The van der Waals surface area contributed by atoms with Gasteiger partial charge in [-0.15, -0.1) is 0 Å². The Balaban J connectivity index is 1.85. The molecule has 0 aliphatic heterocycles. The van der Waals surface area contributed by atoms with Gasteiger partial charge in [-0.3, -0.25) is 9.69 Å². The molecular formula is C16H20F3N3O3S. The van der Waals surface area contributed by atoms with Crippen molar-refractivity contribution in [3.8, 4) is 0 Å². The van der Waals surface area contributed by atoms with Gasteiger partial charge in [0.05, 0.1) is 12.2 Å². The van der Waals surface area contributed by atoms with E-state index in [4.69, 9.17) is 5.11 Å². The van der Waals surface area contributed by atoms with E-state index in [0.717, 1.165) is 0 Å². The summed E-state index contributed by atoms with van der Waals surface area (Å²) in [7, 11) is 0. The van der Waals surface area contributed by atoms with Gasteiger partial charge in [0.1, 0.15) is 0 Å². The van der Waals surface area contributed by atoms with E-state index in [1.165, 1.54) is 18.2 Å². The molecule has 1 fully saturated rings. The van der Waals surface area contributed by atoms with Gasteiger partial charge in [0, 0.05) is 17.0 Å². The lowest BCUT2D eigenvalue weighted by Gasteiger charge is -2.42. The molecule has 1 aromatic rings. The van der Waals surface area contributed by atoms with Gasteiger partial charge in [-0.2, -0.15) is 13.2 Å². The lowest BCUT2D eigenvalue weighted by Crippen LogP contribution is -2.55. The molecule has 1 aliphatic carbocycles. The summed E-state index contributed by atoms with van der Waals surface area (Å²) in [5.41, 5.74) is -4.35. The Kier molecular flexibility index (Phi) is 6.76. The molecule has 26 heavy (non-hydrogen) atoms. The number of carboxylic acids is 1. The number of aliphatic carboxylic acids is 1. The number of alkyl halides is 3. The first-order valence-electron chi connectivity index (χ1n) is 8.06. The van der Waals surface area contributed by atoms with Crippen LogP contribution in [0, 0.1) is 0 Å². The van der Waals surface area contributed by atoms with Crippen LogP contribution in [0.15, 0.2) is 29.2 Å². The molecule has 2 amide bonds. The first-order valence-corrected chi connectivity index (χ1v) is 8.87. The molecular weight excluding hydrogens is 371 g/mol. The quantitative estimate of drug-likeness (QED) is 0.621. The van der Waals surface area contributed by atoms with Gasteiger partial charge in [0.15, 0.2) is 0 Å². The van der Waals surface area contributed by atoms with Crippen LogP contribution in [0.5, 0.6) is 0 Å². The standard InChI is InChI=1S/C16H20F3N3O3S/c1-2-22(9-14(23)24)11-7-10(8-11)20-15(25)21-12-5-3-4-6-13(12)26-16(17,18)19/h3-6,10-11H,2,7-9H2,1H3,(H,23,24)(H2,20,21,25). The van der Waals surface area contributed by atoms with E-state index in [9.17, 15) is 22.8 Å². The number of para-hydroxylation sites is 1. The number of anilines is 1. The number of nitrogens with one attached hydrogen (secondary N) is 2. The summed E-state index contributed by atoms with van der Waals surface area (Å²) in [6, 6.07) is 5.07. The Morgan fingerprint density at radius 2 is 1.96 bits per heavy atom. The van der Waals surface area contributed by atoms with Crippen molar-refractivity contribution in [2.45, 2.75) is 42.3 Å². The predicted octanol–water partition coefficient (Wildman–Crippen LogP) is 3.36. The van der Waals surface area contributed by atoms with Gasteiger partial charge in [-0.05, 0) is 43.3 Å². The molecule has 0 bridgehead atoms. The van der Waals surface area contributed by atoms with E-state index in [2.05, 4.69) is 10.6 Å². The van der Waals surface area contributed by atoms with E-state index in [1.54, 1.807) is 6.07 Å². The van der Waals surface area contributed by atoms with Gasteiger partial charge in [-0.25, -0.2) is 4.79 Å². The number of hydrogen-bond acceptors (Lipinski definition) is 4. The zero-order chi connectivity index (χ0) is 19.3. The molecule has 0 atom stereocenters. The molecule has 2 rings (SSSR count). The first-order chi connectivity index (χ1) is 12.2. The molecule has 144 valence electrons. The highest BCUT2D eigenvalue weighted by Gasteiger charge is 2.35. The highest BCUT2D eigenvalue weighted by molar-refractivity contribution is 8.00. The fourth-order valence-corrected chi connectivity index (χ4v) is 3.43. The van der Waals surface area contributed by atoms with E-state index < -0.39 is 17.5 Å². The largest absolute Gasteiger partial charge is 0.480 e. The Morgan fingerprint density at radius 3 is 2.54 bits per heavy atom. The van der Waals surface area contributed by atoms with Crippen molar-refractivity contribution in [3.63, 3.8) is 0 Å². The number of carbonyl (C=O) groups excluding carboxylic acids is 1. The normalized spacial score (nSPS) is 19.7. The van der Waals surface area contributed by atoms with Crippen LogP contribution in [0.2, 0.25) is 0 Å². The maximum atomic E-state index is 12.6. The van der Waals surface area contributed by atoms with Crippen molar-refractivity contribution in [2.75, 3.05) is 18.4 Å². The van der Waals surface area contributed by atoms with Crippen molar-refractivity contribution in [2.24, 2.45) is 0 Å². The maximum Gasteiger partial charge on any atom is 0.446 e. The number of likely N-dealkylation sites (N-methyl/N-ethyl adjacent to an activating group) is 1. The van der Waals surface area contributed by atoms with E-state index in [0.29, 0.717) is 19.4 Å². The van der Waals surface area contributed by atoms with Crippen molar-refractivity contribution >= 4 is 29.4 Å². The fraction of sp³-hybridized carbons (Fsp3) is 0.500. The van der Waals surface area contributed by atoms with Gasteiger partial charge in [-0.1, -0.05) is 19.1 Å². The molecule has 0 spiro atoms. The van der Waals surface area contributed by atoms with Crippen LogP contribution in [0.4, 0.5) is 23.7 Å². The second-order valence-corrected chi connectivity index (χ2v) is 7.03. The molecule has 6 nitrogen and oxygen atoms in total. The predicted molar refractivity (Wildman–Crippen MR) is 92.2 cm³/mol. The highest BCUT2D eigenvalue weighted by Crippen LogP contribution is 2.40. The molecule has 1 aliphatic rings. The Morgan fingerprint density at radius 1 is 1.31 bits per heavy atom. The summed E-state index contributed by atoms with van der Waals surface area (Å²) < 4.78 is 37.7. The summed E-state index contributed by atoms with van der Waals surface area (Å²) in [6.07, 6.45) is 1.21. The monoisotopic (exact) mass is 391 g/mol. The number of urea groups is 1. The first kappa shape index (κ1) is 20.4. The number of rotatable bonds is 7. The van der Waals surface area contributed by atoms with Crippen LogP contribution in [0.1, 0.15) is 19.8 Å². The number of halogens is 3. The second-order valence-electron chi connectivity index (χ2n) is 5.92. The minimum Gasteiger partial charge on any atom is -0.480 e. The minimum absolute atomic E-state index is 0.0534. The molecule has 0 saturated heterocycles. The third-order valence-corrected chi connectivity index (χ3v) is 4.88. The molecule has 0 unspecified atom stereocenters. The molecule has 1 saturated carbocycles. The molecule has 0 heterocycles.